The van der Waals surface area contributed by atoms with Crippen molar-refractivity contribution in [2.75, 3.05) is 32.8 Å². The second kappa shape index (κ2) is 9.47. The van der Waals surface area contributed by atoms with Crippen molar-refractivity contribution in [3.63, 3.8) is 0 Å². The molecular formula is C22H33N3O3S. The molecule has 3 aliphatic rings. The number of piperidine rings is 2. The number of urea groups is 1. The predicted octanol–water partition coefficient (Wildman–Crippen LogP) is 3.42. The molecule has 2 aliphatic heterocycles. The topological polar surface area (TPSA) is 72.9 Å². The van der Waals surface area contributed by atoms with Gasteiger partial charge >= 0.3 is 6.03 Å². The highest BCUT2D eigenvalue weighted by atomic mass is 32.1. The van der Waals surface area contributed by atoms with E-state index in [9.17, 15) is 9.59 Å². The fourth-order valence-corrected chi connectivity index (χ4v) is 6.42. The molecule has 160 valence electrons. The Bertz CT molecular complexity index is 712. The first-order valence-corrected chi connectivity index (χ1v) is 12.1. The maximum Gasteiger partial charge on any atom is 0.317 e. The lowest BCUT2D eigenvalue weighted by Gasteiger charge is -2.44. The van der Waals surface area contributed by atoms with E-state index in [0.29, 0.717) is 24.4 Å². The minimum Gasteiger partial charge on any atom is -0.395 e. The van der Waals surface area contributed by atoms with E-state index in [1.165, 1.54) is 37.0 Å². The highest BCUT2D eigenvalue weighted by Crippen LogP contribution is 2.37. The SMILES string of the molecule is O=C(NCCO)N1CCC(c2cc(C(=O)N3CCC[C@@H]4CCCC[C@@H]43)cs2)CC1. The summed E-state index contributed by atoms with van der Waals surface area (Å²) in [6, 6.07) is 2.48. The molecule has 4 rings (SSSR count). The number of hydrogen-bond donors (Lipinski definition) is 2. The van der Waals surface area contributed by atoms with Gasteiger partial charge in [-0.3, -0.25) is 4.79 Å². The highest BCUT2D eigenvalue weighted by molar-refractivity contribution is 7.10. The quantitative estimate of drug-likeness (QED) is 0.785. The number of carbonyl (C=O) groups is 2. The van der Waals surface area contributed by atoms with Crippen LogP contribution in [0.5, 0.6) is 0 Å². The van der Waals surface area contributed by atoms with Crippen LogP contribution in [0.4, 0.5) is 4.79 Å². The summed E-state index contributed by atoms with van der Waals surface area (Å²) >= 11 is 1.70. The Morgan fingerprint density at radius 1 is 1.07 bits per heavy atom. The van der Waals surface area contributed by atoms with Crippen LogP contribution in [0.3, 0.4) is 0 Å². The number of hydrogen-bond acceptors (Lipinski definition) is 4. The first-order valence-electron chi connectivity index (χ1n) is 11.2. The largest absolute Gasteiger partial charge is 0.395 e. The third-order valence-corrected chi connectivity index (χ3v) is 8.04. The van der Waals surface area contributed by atoms with E-state index in [4.69, 9.17) is 5.11 Å². The third-order valence-electron chi connectivity index (χ3n) is 6.94. The van der Waals surface area contributed by atoms with Crippen molar-refractivity contribution in [1.29, 1.82) is 0 Å². The van der Waals surface area contributed by atoms with Crippen molar-refractivity contribution in [2.45, 2.75) is 63.3 Å². The maximum absolute atomic E-state index is 13.2. The number of fused-ring (bicyclic) bond motifs is 1. The first kappa shape index (κ1) is 20.7. The summed E-state index contributed by atoms with van der Waals surface area (Å²) in [4.78, 5) is 30.6. The molecule has 0 bridgehead atoms. The lowest BCUT2D eigenvalue weighted by atomic mass is 9.78. The Hall–Kier alpha value is -1.60. The highest BCUT2D eigenvalue weighted by Gasteiger charge is 2.36. The molecule has 3 fully saturated rings. The summed E-state index contributed by atoms with van der Waals surface area (Å²) in [5, 5.41) is 13.6. The van der Waals surface area contributed by atoms with E-state index in [1.54, 1.807) is 11.3 Å². The van der Waals surface area contributed by atoms with E-state index in [0.717, 1.165) is 44.5 Å². The van der Waals surface area contributed by atoms with Crippen LogP contribution in [0.1, 0.15) is 72.5 Å². The Kier molecular flexibility index (Phi) is 6.75. The molecule has 3 amide bonds. The van der Waals surface area contributed by atoms with Gasteiger partial charge in [-0.2, -0.15) is 0 Å². The van der Waals surface area contributed by atoms with Crippen LogP contribution in [-0.4, -0.2) is 65.7 Å². The molecule has 0 radical (unpaired) electrons. The summed E-state index contributed by atoms with van der Waals surface area (Å²) in [7, 11) is 0. The van der Waals surface area contributed by atoms with Crippen molar-refractivity contribution < 1.29 is 14.7 Å². The van der Waals surface area contributed by atoms with Crippen LogP contribution in [0.2, 0.25) is 0 Å². The second-order valence-corrected chi connectivity index (χ2v) is 9.65. The number of nitrogens with zero attached hydrogens (tertiary/aromatic N) is 2. The van der Waals surface area contributed by atoms with Crippen LogP contribution in [-0.2, 0) is 0 Å². The maximum atomic E-state index is 13.2. The normalized spacial score (nSPS) is 25.6. The van der Waals surface area contributed by atoms with E-state index >= 15 is 0 Å². The number of amides is 3. The minimum absolute atomic E-state index is 0.0349. The molecule has 0 spiro atoms. The Labute approximate surface area is 177 Å². The van der Waals surface area contributed by atoms with E-state index in [2.05, 4.69) is 16.3 Å². The molecular weight excluding hydrogens is 386 g/mol. The lowest BCUT2D eigenvalue weighted by Crippen LogP contribution is -2.49. The molecule has 1 saturated carbocycles. The number of likely N-dealkylation sites (tertiary alicyclic amines) is 2. The van der Waals surface area contributed by atoms with Crippen LogP contribution in [0.25, 0.3) is 0 Å². The van der Waals surface area contributed by atoms with Gasteiger partial charge < -0.3 is 20.2 Å². The van der Waals surface area contributed by atoms with Gasteiger partial charge in [-0.1, -0.05) is 12.8 Å². The Balaban J connectivity index is 1.35. The zero-order valence-electron chi connectivity index (χ0n) is 17.1. The fraction of sp³-hybridized carbons (Fsp3) is 0.727. The Morgan fingerprint density at radius 2 is 1.83 bits per heavy atom. The summed E-state index contributed by atoms with van der Waals surface area (Å²) in [5.74, 6) is 1.36. The zero-order valence-corrected chi connectivity index (χ0v) is 18.0. The molecule has 7 heteroatoms. The predicted molar refractivity (Wildman–Crippen MR) is 114 cm³/mol. The number of aliphatic hydroxyl groups is 1. The number of carbonyl (C=O) groups excluding carboxylic acids is 2. The molecule has 29 heavy (non-hydrogen) atoms. The van der Waals surface area contributed by atoms with Crippen molar-refractivity contribution in [3.8, 4) is 0 Å². The van der Waals surface area contributed by atoms with Gasteiger partial charge in [0.05, 0.1) is 12.2 Å². The van der Waals surface area contributed by atoms with Crippen molar-refractivity contribution in [1.82, 2.24) is 15.1 Å². The van der Waals surface area contributed by atoms with Gasteiger partial charge in [0.2, 0.25) is 0 Å². The number of rotatable bonds is 4. The molecule has 2 saturated heterocycles. The number of nitrogens with one attached hydrogen (secondary N) is 1. The van der Waals surface area contributed by atoms with Gasteiger partial charge in [-0.05, 0) is 56.4 Å². The molecule has 3 heterocycles. The molecule has 6 nitrogen and oxygen atoms in total. The van der Waals surface area contributed by atoms with Crippen LogP contribution in [0, 0.1) is 5.92 Å². The van der Waals surface area contributed by atoms with Gasteiger partial charge in [0.25, 0.3) is 5.91 Å². The molecule has 2 N–H and O–H groups in total. The van der Waals surface area contributed by atoms with Gasteiger partial charge in [0.1, 0.15) is 0 Å². The summed E-state index contributed by atoms with van der Waals surface area (Å²) in [6.07, 6.45) is 9.31. The molecule has 1 aromatic heterocycles. The van der Waals surface area contributed by atoms with Gasteiger partial charge in [0, 0.05) is 42.5 Å². The standard InChI is InChI=1S/C22H33N3O3S/c26-13-9-23-22(28)24-11-7-17(8-12-24)20-14-18(15-29-20)21(27)25-10-3-5-16-4-1-2-6-19(16)25/h14-17,19,26H,1-13H2,(H,23,28)/t16-,19-/m0/s1. The molecule has 1 aliphatic carbocycles. The third kappa shape index (κ3) is 4.61. The molecule has 1 aromatic rings. The van der Waals surface area contributed by atoms with Crippen molar-refractivity contribution in [2.24, 2.45) is 5.92 Å². The van der Waals surface area contributed by atoms with Crippen LogP contribution >= 0.6 is 11.3 Å². The number of aliphatic hydroxyl groups excluding tert-OH is 1. The second-order valence-electron chi connectivity index (χ2n) is 8.71. The zero-order chi connectivity index (χ0) is 20.2. The monoisotopic (exact) mass is 419 g/mol. The van der Waals surface area contributed by atoms with Crippen molar-refractivity contribution >= 4 is 23.3 Å². The molecule has 0 aromatic carbocycles. The van der Waals surface area contributed by atoms with Crippen molar-refractivity contribution in [3.05, 3.63) is 21.9 Å². The van der Waals surface area contributed by atoms with E-state index in [1.807, 2.05) is 10.3 Å². The summed E-state index contributed by atoms with van der Waals surface area (Å²) < 4.78 is 0. The van der Waals surface area contributed by atoms with Crippen LogP contribution < -0.4 is 5.32 Å². The fourth-order valence-electron chi connectivity index (χ4n) is 5.36. The number of thiophene rings is 1. The van der Waals surface area contributed by atoms with Gasteiger partial charge in [-0.25, -0.2) is 4.79 Å². The van der Waals surface area contributed by atoms with Gasteiger partial charge in [0.15, 0.2) is 0 Å². The lowest BCUT2D eigenvalue weighted by molar-refractivity contribution is 0.0391. The average Bonchev–Trinajstić information content (AvgIpc) is 3.27. The van der Waals surface area contributed by atoms with Gasteiger partial charge in [-0.15, -0.1) is 11.3 Å². The molecule has 0 unspecified atom stereocenters. The minimum atomic E-state index is -0.0910. The molecule has 2 atom stereocenters. The summed E-state index contributed by atoms with van der Waals surface area (Å²) in [6.45, 7) is 2.62. The van der Waals surface area contributed by atoms with E-state index in [-0.39, 0.29) is 18.5 Å². The summed E-state index contributed by atoms with van der Waals surface area (Å²) in [5.41, 5.74) is 0.861. The van der Waals surface area contributed by atoms with E-state index < -0.39 is 0 Å². The van der Waals surface area contributed by atoms with Crippen LogP contribution in [0.15, 0.2) is 11.4 Å². The smallest absolute Gasteiger partial charge is 0.317 e. The Morgan fingerprint density at radius 3 is 2.62 bits per heavy atom. The first-order chi connectivity index (χ1) is 14.2. The average molecular weight is 420 g/mol.